The number of hydrogen-bond donors (Lipinski definition) is 2. The fourth-order valence-electron chi connectivity index (χ4n) is 3.73. The number of carbonyl (C=O) groups excluding carboxylic acids is 1. The standard InChI is InChI=1S/C18H27N3O2/c1-18(2)11-21(9-8-15(18)19)17(23)13-10-12-6-4-3-5-7-14(12)20-16(13)22/h10,15H,3-9,11,19H2,1-2H3,(H,20,22). The van der Waals surface area contributed by atoms with E-state index in [2.05, 4.69) is 18.8 Å². The minimum Gasteiger partial charge on any atom is -0.338 e. The Hall–Kier alpha value is -1.62. The summed E-state index contributed by atoms with van der Waals surface area (Å²) in [5.41, 5.74) is 8.23. The summed E-state index contributed by atoms with van der Waals surface area (Å²) < 4.78 is 0. The first kappa shape index (κ1) is 16.2. The number of hydrogen-bond acceptors (Lipinski definition) is 3. The number of likely N-dealkylation sites (tertiary alicyclic amines) is 1. The topological polar surface area (TPSA) is 79.2 Å². The lowest BCUT2D eigenvalue weighted by atomic mass is 9.79. The van der Waals surface area contributed by atoms with Gasteiger partial charge in [-0.3, -0.25) is 9.59 Å². The van der Waals surface area contributed by atoms with Crippen molar-refractivity contribution in [3.63, 3.8) is 0 Å². The van der Waals surface area contributed by atoms with Gasteiger partial charge in [-0.15, -0.1) is 0 Å². The smallest absolute Gasteiger partial charge is 0.261 e. The lowest BCUT2D eigenvalue weighted by Gasteiger charge is -2.42. The predicted octanol–water partition coefficient (Wildman–Crippen LogP) is 1.84. The van der Waals surface area contributed by atoms with Crippen LogP contribution in [0.2, 0.25) is 0 Å². The summed E-state index contributed by atoms with van der Waals surface area (Å²) in [6.07, 6.45) is 6.04. The lowest BCUT2D eigenvalue weighted by Crippen LogP contribution is -2.54. The average molecular weight is 317 g/mol. The number of H-pyrrole nitrogens is 1. The second-order valence-corrected chi connectivity index (χ2v) is 7.69. The van der Waals surface area contributed by atoms with E-state index in [-0.39, 0.29) is 28.5 Å². The lowest BCUT2D eigenvalue weighted by molar-refractivity contribution is 0.0531. The van der Waals surface area contributed by atoms with Crippen LogP contribution in [0.1, 0.15) is 61.1 Å². The van der Waals surface area contributed by atoms with Crippen LogP contribution < -0.4 is 11.3 Å². The van der Waals surface area contributed by atoms with Crippen molar-refractivity contribution in [1.82, 2.24) is 9.88 Å². The number of piperidine rings is 1. The molecule has 1 aromatic rings. The van der Waals surface area contributed by atoms with Crippen LogP contribution >= 0.6 is 0 Å². The molecule has 0 aromatic carbocycles. The van der Waals surface area contributed by atoms with Crippen molar-refractivity contribution in [2.75, 3.05) is 13.1 Å². The molecule has 0 spiro atoms. The summed E-state index contributed by atoms with van der Waals surface area (Å²) in [5.74, 6) is -0.154. The van der Waals surface area contributed by atoms with Crippen molar-refractivity contribution < 1.29 is 4.79 Å². The zero-order chi connectivity index (χ0) is 16.6. The summed E-state index contributed by atoms with van der Waals surface area (Å²) in [5, 5.41) is 0. The number of amides is 1. The van der Waals surface area contributed by atoms with Gasteiger partial charge in [-0.05, 0) is 49.1 Å². The highest BCUT2D eigenvalue weighted by molar-refractivity contribution is 5.94. The van der Waals surface area contributed by atoms with Crippen molar-refractivity contribution in [1.29, 1.82) is 0 Å². The number of nitrogens with zero attached hydrogens (tertiary/aromatic N) is 1. The molecule has 1 fully saturated rings. The van der Waals surface area contributed by atoms with E-state index in [0.29, 0.717) is 13.1 Å². The second kappa shape index (κ2) is 6.11. The molecule has 1 aliphatic carbocycles. The third kappa shape index (κ3) is 3.20. The number of rotatable bonds is 1. The van der Waals surface area contributed by atoms with E-state index in [1.165, 1.54) is 6.42 Å². The van der Waals surface area contributed by atoms with Crippen LogP contribution in [0.25, 0.3) is 0 Å². The van der Waals surface area contributed by atoms with Gasteiger partial charge >= 0.3 is 0 Å². The molecular formula is C18H27N3O2. The van der Waals surface area contributed by atoms with E-state index in [1.807, 2.05) is 6.07 Å². The number of carbonyl (C=O) groups is 1. The molecule has 1 unspecified atom stereocenters. The molecule has 3 rings (SSSR count). The minimum atomic E-state index is -0.247. The zero-order valence-electron chi connectivity index (χ0n) is 14.2. The number of nitrogens with two attached hydrogens (primary N) is 1. The number of pyridine rings is 1. The summed E-state index contributed by atoms with van der Waals surface area (Å²) in [7, 11) is 0. The molecule has 1 atom stereocenters. The molecule has 1 amide bonds. The van der Waals surface area contributed by atoms with Crippen LogP contribution in [-0.2, 0) is 12.8 Å². The van der Waals surface area contributed by atoms with Gasteiger partial charge in [0.2, 0.25) is 0 Å². The third-order valence-electron chi connectivity index (χ3n) is 5.42. The molecular weight excluding hydrogens is 290 g/mol. The number of nitrogens with one attached hydrogen (secondary N) is 1. The SMILES string of the molecule is CC1(C)CN(C(=O)c2cc3c([nH]c2=O)CCCCC3)CCC1N. The fraction of sp³-hybridized carbons (Fsp3) is 0.667. The number of aromatic amines is 1. The van der Waals surface area contributed by atoms with Crippen LogP contribution in [0, 0.1) is 5.41 Å². The number of fused-ring (bicyclic) bond motifs is 1. The van der Waals surface area contributed by atoms with Crippen molar-refractivity contribution >= 4 is 5.91 Å². The van der Waals surface area contributed by atoms with Gasteiger partial charge in [0.05, 0.1) is 0 Å². The van der Waals surface area contributed by atoms with Gasteiger partial charge in [0.25, 0.3) is 11.5 Å². The molecule has 1 aromatic heterocycles. The van der Waals surface area contributed by atoms with E-state index in [1.54, 1.807) is 4.90 Å². The van der Waals surface area contributed by atoms with Gasteiger partial charge in [-0.1, -0.05) is 20.3 Å². The molecule has 2 heterocycles. The van der Waals surface area contributed by atoms with Gasteiger partial charge in [0.15, 0.2) is 0 Å². The Morgan fingerprint density at radius 2 is 2.04 bits per heavy atom. The van der Waals surface area contributed by atoms with Crippen molar-refractivity contribution in [3.05, 3.63) is 33.2 Å². The van der Waals surface area contributed by atoms with E-state index in [0.717, 1.165) is 43.4 Å². The first-order valence-electron chi connectivity index (χ1n) is 8.68. The monoisotopic (exact) mass is 317 g/mol. The van der Waals surface area contributed by atoms with Crippen molar-refractivity contribution in [3.8, 4) is 0 Å². The van der Waals surface area contributed by atoms with Gasteiger partial charge in [0.1, 0.15) is 5.56 Å². The van der Waals surface area contributed by atoms with Crippen LogP contribution in [0.4, 0.5) is 0 Å². The zero-order valence-corrected chi connectivity index (χ0v) is 14.2. The van der Waals surface area contributed by atoms with Crippen molar-refractivity contribution in [2.24, 2.45) is 11.1 Å². The van der Waals surface area contributed by atoms with E-state index in [9.17, 15) is 9.59 Å². The molecule has 5 heteroatoms. The maximum Gasteiger partial charge on any atom is 0.261 e. The highest BCUT2D eigenvalue weighted by Crippen LogP contribution is 2.28. The minimum absolute atomic E-state index is 0.0943. The average Bonchev–Trinajstić information content (AvgIpc) is 2.73. The Morgan fingerprint density at radius 1 is 1.30 bits per heavy atom. The molecule has 5 nitrogen and oxygen atoms in total. The molecule has 0 saturated carbocycles. The van der Waals surface area contributed by atoms with Crippen LogP contribution in [0.5, 0.6) is 0 Å². The highest BCUT2D eigenvalue weighted by atomic mass is 16.2. The van der Waals surface area contributed by atoms with E-state index >= 15 is 0 Å². The van der Waals surface area contributed by atoms with Crippen LogP contribution in [0.15, 0.2) is 10.9 Å². The molecule has 126 valence electrons. The first-order chi connectivity index (χ1) is 10.9. The van der Waals surface area contributed by atoms with E-state index < -0.39 is 0 Å². The summed E-state index contributed by atoms with van der Waals surface area (Å²) >= 11 is 0. The van der Waals surface area contributed by atoms with Crippen LogP contribution in [-0.4, -0.2) is 34.9 Å². The Balaban J connectivity index is 1.88. The molecule has 2 aliphatic rings. The second-order valence-electron chi connectivity index (χ2n) is 7.69. The van der Waals surface area contributed by atoms with Crippen LogP contribution in [0.3, 0.4) is 0 Å². The summed E-state index contributed by atoms with van der Waals surface area (Å²) in [6, 6.07) is 1.93. The Kier molecular flexibility index (Phi) is 4.32. The molecule has 0 bridgehead atoms. The Labute approximate surface area is 137 Å². The Morgan fingerprint density at radius 3 is 2.78 bits per heavy atom. The first-order valence-corrected chi connectivity index (χ1v) is 8.68. The van der Waals surface area contributed by atoms with Crippen molar-refractivity contribution in [2.45, 2.75) is 58.4 Å². The number of aromatic nitrogens is 1. The Bertz CT molecular complexity index is 663. The maximum absolute atomic E-state index is 12.9. The van der Waals surface area contributed by atoms with E-state index in [4.69, 9.17) is 5.73 Å². The summed E-state index contributed by atoms with van der Waals surface area (Å²) in [6.45, 7) is 5.39. The molecule has 3 N–H and O–H groups in total. The van der Waals surface area contributed by atoms with Gasteiger partial charge in [-0.2, -0.15) is 0 Å². The quantitative estimate of drug-likeness (QED) is 0.776. The maximum atomic E-state index is 12.9. The fourth-order valence-corrected chi connectivity index (χ4v) is 3.73. The molecule has 1 aliphatic heterocycles. The molecule has 0 radical (unpaired) electrons. The highest BCUT2D eigenvalue weighted by Gasteiger charge is 2.36. The normalized spacial score (nSPS) is 24.0. The number of aryl methyl sites for hydroxylation is 2. The molecule has 23 heavy (non-hydrogen) atoms. The summed E-state index contributed by atoms with van der Waals surface area (Å²) in [4.78, 5) is 30.0. The van der Waals surface area contributed by atoms with Gasteiger partial charge < -0.3 is 15.6 Å². The van der Waals surface area contributed by atoms with Gasteiger partial charge in [-0.25, -0.2) is 0 Å². The third-order valence-corrected chi connectivity index (χ3v) is 5.42. The predicted molar refractivity (Wildman–Crippen MR) is 90.6 cm³/mol. The molecule has 1 saturated heterocycles. The largest absolute Gasteiger partial charge is 0.338 e. The van der Waals surface area contributed by atoms with Gasteiger partial charge in [0, 0.05) is 24.8 Å².